The van der Waals surface area contributed by atoms with E-state index in [0.717, 1.165) is 24.1 Å². The Morgan fingerprint density at radius 2 is 1.90 bits per heavy atom. The lowest BCUT2D eigenvalue weighted by Gasteiger charge is -2.12. The van der Waals surface area contributed by atoms with Gasteiger partial charge >= 0.3 is 0 Å². The van der Waals surface area contributed by atoms with Crippen LogP contribution < -0.4 is 10.6 Å². The molecule has 1 aliphatic carbocycles. The third-order valence-corrected chi connectivity index (χ3v) is 4.78. The van der Waals surface area contributed by atoms with Crippen LogP contribution in [0.1, 0.15) is 22.4 Å². The minimum Gasteiger partial charge on any atom is -0.371 e. The van der Waals surface area contributed by atoms with Crippen molar-refractivity contribution < 1.29 is 9.53 Å². The van der Waals surface area contributed by atoms with Gasteiger partial charge in [0.05, 0.1) is 18.5 Å². The first-order chi connectivity index (χ1) is 14.3. The lowest BCUT2D eigenvalue weighted by molar-refractivity contribution is -0.125. The molecule has 9 heteroatoms. The van der Waals surface area contributed by atoms with E-state index in [-0.39, 0.29) is 12.5 Å². The molecule has 2 heterocycles. The Morgan fingerprint density at radius 3 is 2.59 bits per heavy atom. The minimum absolute atomic E-state index is 0.000582. The minimum atomic E-state index is -0.184. The molecule has 0 atom stereocenters. The van der Waals surface area contributed by atoms with Gasteiger partial charge in [-0.1, -0.05) is 24.3 Å². The Hall–Kier alpha value is -3.33. The predicted molar refractivity (Wildman–Crippen MR) is 106 cm³/mol. The molecule has 0 spiro atoms. The Morgan fingerprint density at radius 1 is 1.14 bits per heavy atom. The first-order valence-corrected chi connectivity index (χ1v) is 9.59. The topological polar surface area (TPSA) is 118 Å². The summed E-state index contributed by atoms with van der Waals surface area (Å²) in [5, 5.41) is 16.4. The summed E-state index contributed by atoms with van der Waals surface area (Å²) in [6.45, 7) is 0.773. The molecule has 0 aliphatic heterocycles. The molecule has 0 unspecified atom stereocenters. The molecule has 0 saturated carbocycles. The van der Waals surface area contributed by atoms with Crippen LogP contribution in [-0.2, 0) is 35.3 Å². The molecule has 1 aliphatic rings. The summed E-state index contributed by atoms with van der Waals surface area (Å²) >= 11 is 0. The number of aromatic nitrogens is 5. The number of amides is 1. The van der Waals surface area contributed by atoms with Crippen LogP contribution in [0.15, 0.2) is 42.9 Å². The van der Waals surface area contributed by atoms with Crippen LogP contribution in [0.3, 0.4) is 0 Å². The number of nitrogens with one attached hydrogen (secondary N) is 3. The van der Waals surface area contributed by atoms with Crippen molar-refractivity contribution in [2.75, 3.05) is 18.5 Å². The molecule has 3 N–H and O–H groups in total. The van der Waals surface area contributed by atoms with Gasteiger partial charge in [-0.2, -0.15) is 15.4 Å². The van der Waals surface area contributed by atoms with Gasteiger partial charge in [0.15, 0.2) is 0 Å². The molecular weight excluding hydrogens is 370 g/mol. The van der Waals surface area contributed by atoms with E-state index in [2.05, 4.69) is 60.3 Å². The van der Waals surface area contributed by atoms with Gasteiger partial charge in [0.25, 0.3) is 0 Å². The zero-order valence-corrected chi connectivity index (χ0v) is 16.0. The summed E-state index contributed by atoms with van der Waals surface area (Å²) in [5.74, 6) is 0.421. The van der Waals surface area contributed by atoms with E-state index in [1.807, 2.05) is 0 Å². The maximum Gasteiger partial charge on any atom is 0.246 e. The average Bonchev–Trinajstić information content (AvgIpc) is 3.40. The van der Waals surface area contributed by atoms with Crippen molar-refractivity contribution in [3.05, 3.63) is 65.2 Å². The van der Waals surface area contributed by atoms with Crippen molar-refractivity contribution in [2.45, 2.75) is 31.8 Å². The van der Waals surface area contributed by atoms with Crippen LogP contribution in [-0.4, -0.2) is 50.5 Å². The summed E-state index contributed by atoms with van der Waals surface area (Å²) in [4.78, 5) is 20.6. The van der Waals surface area contributed by atoms with Gasteiger partial charge in [0.2, 0.25) is 11.9 Å². The molecule has 0 fully saturated rings. The summed E-state index contributed by atoms with van der Waals surface area (Å²) in [5.41, 5.74) is 4.40. The monoisotopic (exact) mass is 393 g/mol. The molecule has 1 aromatic carbocycles. The lowest BCUT2D eigenvalue weighted by Crippen LogP contribution is -2.27. The largest absolute Gasteiger partial charge is 0.371 e. The van der Waals surface area contributed by atoms with Gasteiger partial charge in [-0.3, -0.25) is 4.79 Å². The fourth-order valence-corrected chi connectivity index (χ4v) is 3.30. The number of H-pyrrole nitrogens is 1. The molecule has 29 heavy (non-hydrogen) atoms. The summed E-state index contributed by atoms with van der Waals surface area (Å²) in [7, 11) is 0. The first kappa shape index (κ1) is 19.0. The number of carbonyl (C=O) groups is 1. The van der Waals surface area contributed by atoms with Gasteiger partial charge in [-0.15, -0.1) is 0 Å². The molecule has 0 bridgehead atoms. The standard InChI is InChI=1S/C20H23N7O2/c28-19(13-29-6-5-17-12-24-27-26-17)21-9-14-10-22-20(23-11-14)25-18-7-15-3-1-2-4-16(15)8-18/h1-4,10-12,18H,5-9,13H2,(H,21,28)(H,22,23,25)(H,24,26,27). The number of fused-ring (bicyclic) bond motifs is 1. The highest BCUT2D eigenvalue weighted by Crippen LogP contribution is 2.23. The Kier molecular flexibility index (Phi) is 6.06. The highest BCUT2D eigenvalue weighted by Gasteiger charge is 2.21. The third-order valence-electron chi connectivity index (χ3n) is 4.78. The van der Waals surface area contributed by atoms with Crippen molar-refractivity contribution in [1.29, 1.82) is 0 Å². The van der Waals surface area contributed by atoms with E-state index >= 15 is 0 Å². The molecule has 3 aromatic rings. The molecule has 9 nitrogen and oxygen atoms in total. The van der Waals surface area contributed by atoms with Crippen LogP contribution >= 0.6 is 0 Å². The van der Waals surface area contributed by atoms with Gasteiger partial charge in [0, 0.05) is 37.0 Å². The van der Waals surface area contributed by atoms with Crippen LogP contribution in [0.2, 0.25) is 0 Å². The molecule has 0 radical (unpaired) electrons. The second kappa shape index (κ2) is 9.24. The molecule has 150 valence electrons. The molecule has 0 saturated heterocycles. The number of carbonyl (C=O) groups excluding carboxylic acids is 1. The van der Waals surface area contributed by atoms with Crippen molar-refractivity contribution in [3.8, 4) is 0 Å². The van der Waals surface area contributed by atoms with E-state index in [9.17, 15) is 4.79 Å². The fourth-order valence-electron chi connectivity index (χ4n) is 3.30. The zero-order valence-electron chi connectivity index (χ0n) is 16.0. The molecule has 1 amide bonds. The zero-order chi connectivity index (χ0) is 19.9. The maximum absolute atomic E-state index is 11.9. The number of ether oxygens (including phenoxy) is 1. The molecule has 4 rings (SSSR count). The normalized spacial score (nSPS) is 13.2. The van der Waals surface area contributed by atoms with Gasteiger partial charge < -0.3 is 15.4 Å². The fraction of sp³-hybridized carbons (Fsp3) is 0.350. The van der Waals surface area contributed by atoms with E-state index in [1.54, 1.807) is 18.6 Å². The predicted octanol–water partition coefficient (Wildman–Crippen LogP) is 1.05. The third kappa shape index (κ3) is 5.35. The van der Waals surface area contributed by atoms with E-state index < -0.39 is 0 Å². The van der Waals surface area contributed by atoms with Gasteiger partial charge in [-0.25, -0.2) is 9.97 Å². The number of hydrogen-bond acceptors (Lipinski definition) is 7. The highest BCUT2D eigenvalue weighted by atomic mass is 16.5. The van der Waals surface area contributed by atoms with Gasteiger partial charge in [0.1, 0.15) is 6.61 Å². The number of nitrogens with zero attached hydrogens (tertiary/aromatic N) is 4. The second-order valence-electron chi connectivity index (χ2n) is 6.97. The lowest BCUT2D eigenvalue weighted by atomic mass is 10.1. The summed E-state index contributed by atoms with van der Waals surface area (Å²) in [6.07, 6.45) is 7.65. The molecule has 2 aromatic heterocycles. The Labute approximate surface area is 168 Å². The number of benzene rings is 1. The van der Waals surface area contributed by atoms with Crippen molar-refractivity contribution in [3.63, 3.8) is 0 Å². The van der Waals surface area contributed by atoms with Gasteiger partial charge in [-0.05, 0) is 24.0 Å². The van der Waals surface area contributed by atoms with Crippen molar-refractivity contribution in [1.82, 2.24) is 30.7 Å². The first-order valence-electron chi connectivity index (χ1n) is 9.59. The quantitative estimate of drug-likeness (QED) is 0.465. The van der Waals surface area contributed by atoms with E-state index in [4.69, 9.17) is 4.74 Å². The summed E-state index contributed by atoms with van der Waals surface area (Å²) < 4.78 is 5.34. The number of hydrogen-bond donors (Lipinski definition) is 3. The maximum atomic E-state index is 11.9. The highest BCUT2D eigenvalue weighted by molar-refractivity contribution is 5.77. The van der Waals surface area contributed by atoms with E-state index in [0.29, 0.717) is 31.6 Å². The summed E-state index contributed by atoms with van der Waals surface area (Å²) in [6, 6.07) is 8.79. The van der Waals surface area contributed by atoms with Crippen LogP contribution in [0.5, 0.6) is 0 Å². The second-order valence-corrected chi connectivity index (χ2v) is 6.97. The van der Waals surface area contributed by atoms with Crippen molar-refractivity contribution >= 4 is 11.9 Å². The van der Waals surface area contributed by atoms with Crippen LogP contribution in [0, 0.1) is 0 Å². The number of anilines is 1. The number of rotatable bonds is 9. The molecular formula is C20H23N7O2. The average molecular weight is 393 g/mol. The smallest absolute Gasteiger partial charge is 0.246 e. The Bertz CT molecular complexity index is 903. The van der Waals surface area contributed by atoms with E-state index in [1.165, 1.54) is 11.1 Å². The van der Waals surface area contributed by atoms with Crippen LogP contribution in [0.25, 0.3) is 0 Å². The van der Waals surface area contributed by atoms with Crippen molar-refractivity contribution in [2.24, 2.45) is 0 Å². The number of aromatic amines is 1. The SMILES string of the molecule is O=C(COCCc1cn[nH]n1)NCc1cnc(NC2Cc3ccccc3C2)nc1. The van der Waals surface area contributed by atoms with Crippen LogP contribution in [0.4, 0.5) is 5.95 Å². The Balaban J connectivity index is 1.15.